The first-order chi connectivity index (χ1) is 10.9. The van der Waals surface area contributed by atoms with E-state index in [0.717, 1.165) is 15.1 Å². The predicted octanol–water partition coefficient (Wildman–Crippen LogP) is 4.95. The fourth-order valence-electron chi connectivity index (χ4n) is 2.08. The van der Waals surface area contributed by atoms with Crippen LogP contribution in [0.3, 0.4) is 0 Å². The molecule has 6 heteroatoms. The molecule has 0 saturated carbocycles. The summed E-state index contributed by atoms with van der Waals surface area (Å²) in [5, 5.41) is 9.07. The molecular formula is C17H19BrO4S. The Labute approximate surface area is 148 Å². The number of ether oxygens (including phenoxy) is 2. The molecule has 1 unspecified atom stereocenters. The number of carboxylic acid groups (broad SMARTS) is 1. The summed E-state index contributed by atoms with van der Waals surface area (Å²) in [4.78, 5) is 12.2. The largest absolute Gasteiger partial charge is 0.488 e. The normalized spacial score (nSPS) is 12.0. The van der Waals surface area contributed by atoms with Crippen LogP contribution < -0.4 is 9.47 Å². The molecule has 0 bridgehead atoms. The smallest absolute Gasteiger partial charge is 0.344 e. The number of carboxylic acids is 1. The fourth-order valence-corrected chi connectivity index (χ4v) is 3.81. The van der Waals surface area contributed by atoms with Crippen molar-refractivity contribution in [2.24, 2.45) is 0 Å². The van der Waals surface area contributed by atoms with Crippen LogP contribution in [-0.2, 0) is 11.4 Å². The standard InChI is InChI=1S/C17H19BrO4S/c1-4-13(17(19)20)22-14-6-5-12(7-10(14)2)21-9-15-11(3)8-16(18)23-15/h5-8,13H,4,9H2,1-3H3,(H,19,20). The molecule has 0 saturated heterocycles. The van der Waals surface area contributed by atoms with E-state index in [2.05, 4.69) is 28.9 Å². The van der Waals surface area contributed by atoms with Crippen LogP contribution in [0.1, 0.15) is 29.3 Å². The summed E-state index contributed by atoms with van der Waals surface area (Å²) in [7, 11) is 0. The summed E-state index contributed by atoms with van der Waals surface area (Å²) in [6.07, 6.45) is -0.411. The third-order valence-electron chi connectivity index (χ3n) is 3.42. The third kappa shape index (κ3) is 4.72. The number of hydrogen-bond acceptors (Lipinski definition) is 4. The van der Waals surface area contributed by atoms with Crippen molar-refractivity contribution >= 4 is 33.2 Å². The number of benzene rings is 1. The molecule has 4 nitrogen and oxygen atoms in total. The molecule has 0 spiro atoms. The van der Waals surface area contributed by atoms with Crippen molar-refractivity contribution < 1.29 is 19.4 Å². The van der Waals surface area contributed by atoms with E-state index in [-0.39, 0.29) is 0 Å². The second-order valence-corrected chi connectivity index (χ2v) is 7.74. The van der Waals surface area contributed by atoms with E-state index in [1.807, 2.05) is 13.0 Å². The number of hydrogen-bond donors (Lipinski definition) is 1. The van der Waals surface area contributed by atoms with Crippen molar-refractivity contribution in [2.75, 3.05) is 0 Å². The van der Waals surface area contributed by atoms with Crippen LogP contribution in [0.4, 0.5) is 0 Å². The zero-order valence-electron chi connectivity index (χ0n) is 13.3. The lowest BCUT2D eigenvalue weighted by Gasteiger charge is -2.16. The SMILES string of the molecule is CCC(Oc1ccc(OCc2sc(Br)cc2C)cc1C)C(=O)O. The fraction of sp³-hybridized carbons (Fsp3) is 0.353. The van der Waals surface area contributed by atoms with Crippen LogP contribution in [0.15, 0.2) is 28.1 Å². The van der Waals surface area contributed by atoms with Crippen LogP contribution >= 0.6 is 27.3 Å². The van der Waals surface area contributed by atoms with E-state index >= 15 is 0 Å². The number of aryl methyl sites for hydroxylation is 2. The summed E-state index contributed by atoms with van der Waals surface area (Å²) >= 11 is 5.13. The average Bonchev–Trinajstić information content (AvgIpc) is 2.81. The van der Waals surface area contributed by atoms with Gasteiger partial charge in [0, 0.05) is 4.88 Å². The number of rotatable bonds is 7. The first kappa shape index (κ1) is 17.8. The number of aliphatic carboxylic acids is 1. The molecule has 124 valence electrons. The van der Waals surface area contributed by atoms with Gasteiger partial charge in [0.25, 0.3) is 0 Å². The van der Waals surface area contributed by atoms with Crippen molar-refractivity contribution in [3.8, 4) is 11.5 Å². The maximum absolute atomic E-state index is 11.1. The van der Waals surface area contributed by atoms with E-state index in [1.54, 1.807) is 30.4 Å². The Balaban J connectivity index is 2.04. The molecule has 0 aliphatic rings. The lowest BCUT2D eigenvalue weighted by molar-refractivity contribution is -0.145. The Bertz CT molecular complexity index is 696. The monoisotopic (exact) mass is 398 g/mol. The van der Waals surface area contributed by atoms with Gasteiger partial charge < -0.3 is 14.6 Å². The predicted molar refractivity (Wildman–Crippen MR) is 94.6 cm³/mol. The molecule has 0 aliphatic heterocycles. The number of thiophene rings is 1. The van der Waals surface area contributed by atoms with Gasteiger partial charge >= 0.3 is 5.97 Å². The Morgan fingerprint density at radius 2 is 2.04 bits per heavy atom. The van der Waals surface area contributed by atoms with Crippen molar-refractivity contribution in [3.63, 3.8) is 0 Å². The first-order valence-electron chi connectivity index (χ1n) is 7.28. The molecule has 0 radical (unpaired) electrons. The zero-order chi connectivity index (χ0) is 17.0. The molecule has 0 aliphatic carbocycles. The Morgan fingerprint density at radius 3 is 2.57 bits per heavy atom. The Morgan fingerprint density at radius 1 is 1.30 bits per heavy atom. The van der Waals surface area contributed by atoms with Crippen molar-refractivity contribution in [2.45, 2.75) is 39.9 Å². The van der Waals surface area contributed by atoms with Crippen LogP contribution in [0.2, 0.25) is 0 Å². The van der Waals surface area contributed by atoms with Crippen LogP contribution in [0, 0.1) is 13.8 Å². The lowest BCUT2D eigenvalue weighted by Crippen LogP contribution is -2.26. The van der Waals surface area contributed by atoms with Gasteiger partial charge in [-0.15, -0.1) is 11.3 Å². The molecule has 1 heterocycles. The van der Waals surface area contributed by atoms with Gasteiger partial charge in [0.1, 0.15) is 18.1 Å². The highest BCUT2D eigenvalue weighted by Gasteiger charge is 2.17. The second-order valence-electron chi connectivity index (χ2n) is 5.23. The van der Waals surface area contributed by atoms with Crippen LogP contribution in [-0.4, -0.2) is 17.2 Å². The minimum absolute atomic E-state index is 0.416. The molecule has 2 aromatic rings. The molecular weight excluding hydrogens is 380 g/mol. The van der Waals surface area contributed by atoms with Crippen molar-refractivity contribution in [3.05, 3.63) is 44.1 Å². The van der Waals surface area contributed by atoms with Gasteiger partial charge in [0.15, 0.2) is 6.10 Å². The van der Waals surface area contributed by atoms with Gasteiger partial charge in [0.05, 0.1) is 3.79 Å². The van der Waals surface area contributed by atoms with Gasteiger partial charge in [-0.05, 0) is 71.6 Å². The van der Waals surface area contributed by atoms with E-state index in [0.29, 0.717) is 18.8 Å². The van der Waals surface area contributed by atoms with E-state index in [9.17, 15) is 4.79 Å². The van der Waals surface area contributed by atoms with Crippen molar-refractivity contribution in [1.82, 2.24) is 0 Å². The lowest BCUT2D eigenvalue weighted by atomic mass is 10.2. The number of halogens is 1. The molecule has 0 amide bonds. The molecule has 1 aromatic carbocycles. The van der Waals surface area contributed by atoms with E-state index in [4.69, 9.17) is 14.6 Å². The Kier molecular flexibility index (Phi) is 6.07. The zero-order valence-corrected chi connectivity index (χ0v) is 15.7. The average molecular weight is 399 g/mol. The summed E-state index contributed by atoms with van der Waals surface area (Å²) < 4.78 is 12.4. The molecule has 1 N–H and O–H groups in total. The molecule has 2 rings (SSSR count). The maximum atomic E-state index is 11.1. The quantitative estimate of drug-likeness (QED) is 0.716. The summed E-state index contributed by atoms with van der Waals surface area (Å²) in [6.45, 7) is 6.23. The molecule has 23 heavy (non-hydrogen) atoms. The van der Waals surface area contributed by atoms with Gasteiger partial charge in [-0.3, -0.25) is 0 Å². The highest BCUT2D eigenvalue weighted by Crippen LogP contribution is 2.29. The third-order valence-corrected chi connectivity index (χ3v) is 5.14. The van der Waals surface area contributed by atoms with Gasteiger partial charge in [-0.25, -0.2) is 4.79 Å². The minimum Gasteiger partial charge on any atom is -0.488 e. The highest BCUT2D eigenvalue weighted by molar-refractivity contribution is 9.11. The van der Waals surface area contributed by atoms with Crippen LogP contribution in [0.25, 0.3) is 0 Å². The van der Waals surface area contributed by atoms with Gasteiger partial charge in [0.2, 0.25) is 0 Å². The Hall–Kier alpha value is -1.53. The second kappa shape index (κ2) is 7.84. The maximum Gasteiger partial charge on any atom is 0.344 e. The number of carbonyl (C=O) groups is 1. The van der Waals surface area contributed by atoms with Gasteiger partial charge in [-0.1, -0.05) is 6.92 Å². The highest BCUT2D eigenvalue weighted by atomic mass is 79.9. The van der Waals surface area contributed by atoms with Crippen LogP contribution in [0.5, 0.6) is 11.5 Å². The minimum atomic E-state index is -0.953. The molecule has 1 atom stereocenters. The first-order valence-corrected chi connectivity index (χ1v) is 8.89. The van der Waals surface area contributed by atoms with Crippen molar-refractivity contribution in [1.29, 1.82) is 0 Å². The van der Waals surface area contributed by atoms with Gasteiger partial charge in [-0.2, -0.15) is 0 Å². The summed E-state index contributed by atoms with van der Waals surface area (Å²) in [5.41, 5.74) is 2.05. The van der Waals surface area contributed by atoms with E-state index < -0.39 is 12.1 Å². The summed E-state index contributed by atoms with van der Waals surface area (Å²) in [5.74, 6) is 0.356. The molecule has 1 aromatic heterocycles. The topological polar surface area (TPSA) is 55.8 Å². The summed E-state index contributed by atoms with van der Waals surface area (Å²) in [6, 6.07) is 7.49. The molecule has 0 fully saturated rings. The van der Waals surface area contributed by atoms with E-state index in [1.165, 1.54) is 10.4 Å².